The molecule has 0 heterocycles. The summed E-state index contributed by atoms with van der Waals surface area (Å²) in [5.41, 5.74) is 13.8. The summed E-state index contributed by atoms with van der Waals surface area (Å²) in [6.45, 7) is 8.52. The minimum atomic E-state index is -0.223. The van der Waals surface area contributed by atoms with Crippen LogP contribution >= 0.6 is 0 Å². The van der Waals surface area contributed by atoms with E-state index in [1.54, 1.807) is 14.2 Å². The van der Waals surface area contributed by atoms with Crippen molar-refractivity contribution in [3.63, 3.8) is 0 Å². The van der Waals surface area contributed by atoms with Gasteiger partial charge in [0, 0.05) is 11.6 Å². The van der Waals surface area contributed by atoms with Crippen molar-refractivity contribution in [2.75, 3.05) is 14.2 Å². The highest BCUT2D eigenvalue weighted by Gasteiger charge is 2.20. The van der Waals surface area contributed by atoms with Crippen molar-refractivity contribution < 1.29 is 9.47 Å². The minimum absolute atomic E-state index is 0.223. The van der Waals surface area contributed by atoms with Gasteiger partial charge in [0.1, 0.15) is 11.5 Å². The Balaban J connectivity index is 2.60. The van der Waals surface area contributed by atoms with E-state index in [2.05, 4.69) is 33.8 Å². The maximum atomic E-state index is 6.60. The minimum Gasteiger partial charge on any atom is -0.497 e. The van der Waals surface area contributed by atoms with Crippen molar-refractivity contribution in [3.8, 4) is 11.5 Å². The van der Waals surface area contributed by atoms with Crippen molar-refractivity contribution in [2.24, 2.45) is 5.73 Å². The molecule has 118 valence electrons. The quantitative estimate of drug-likeness (QED) is 0.928. The van der Waals surface area contributed by atoms with Crippen LogP contribution in [0.1, 0.15) is 39.4 Å². The highest BCUT2D eigenvalue weighted by atomic mass is 16.5. The predicted octanol–water partition coefficient (Wildman–Crippen LogP) is 3.99. The molecule has 0 saturated carbocycles. The van der Waals surface area contributed by atoms with E-state index < -0.39 is 0 Å². The van der Waals surface area contributed by atoms with E-state index in [0.717, 1.165) is 17.1 Å². The van der Waals surface area contributed by atoms with Crippen LogP contribution in [0.3, 0.4) is 0 Å². The molecule has 1 unspecified atom stereocenters. The van der Waals surface area contributed by atoms with Crippen molar-refractivity contribution in [1.82, 2.24) is 0 Å². The highest BCUT2D eigenvalue weighted by Crippen LogP contribution is 2.35. The van der Waals surface area contributed by atoms with Crippen LogP contribution in [0.2, 0.25) is 0 Å². The Kier molecular flexibility index (Phi) is 4.77. The van der Waals surface area contributed by atoms with Crippen LogP contribution in [0.15, 0.2) is 24.3 Å². The van der Waals surface area contributed by atoms with Crippen LogP contribution in [-0.4, -0.2) is 14.2 Å². The second kappa shape index (κ2) is 6.41. The molecular weight excluding hydrogens is 274 g/mol. The average Bonchev–Trinajstić information content (AvgIpc) is 2.52. The van der Waals surface area contributed by atoms with Gasteiger partial charge in [-0.25, -0.2) is 0 Å². The molecular formula is C19H25NO2. The van der Waals surface area contributed by atoms with Gasteiger partial charge < -0.3 is 15.2 Å². The maximum Gasteiger partial charge on any atom is 0.127 e. The monoisotopic (exact) mass is 299 g/mol. The first-order valence-electron chi connectivity index (χ1n) is 7.45. The van der Waals surface area contributed by atoms with Crippen LogP contribution in [0.4, 0.5) is 0 Å². The molecule has 2 N–H and O–H groups in total. The lowest BCUT2D eigenvalue weighted by atomic mass is 9.87. The topological polar surface area (TPSA) is 44.5 Å². The van der Waals surface area contributed by atoms with Gasteiger partial charge in [-0.15, -0.1) is 0 Å². The van der Waals surface area contributed by atoms with E-state index in [1.165, 1.54) is 27.8 Å². The molecule has 0 aliphatic heterocycles. The number of hydrogen-bond donors (Lipinski definition) is 1. The number of methoxy groups -OCH3 is 2. The van der Waals surface area contributed by atoms with Gasteiger partial charge in [0.2, 0.25) is 0 Å². The Morgan fingerprint density at radius 3 is 1.95 bits per heavy atom. The predicted molar refractivity (Wildman–Crippen MR) is 91.0 cm³/mol. The van der Waals surface area contributed by atoms with Crippen molar-refractivity contribution >= 4 is 0 Å². The zero-order valence-corrected chi connectivity index (χ0v) is 14.3. The Bertz CT molecular complexity index is 666. The first-order valence-corrected chi connectivity index (χ1v) is 7.45. The van der Waals surface area contributed by atoms with Gasteiger partial charge in [0.15, 0.2) is 0 Å². The summed E-state index contributed by atoms with van der Waals surface area (Å²) in [7, 11) is 3.30. The number of aryl methyl sites for hydroxylation is 2. The van der Waals surface area contributed by atoms with Gasteiger partial charge in [-0.05, 0) is 67.6 Å². The van der Waals surface area contributed by atoms with Crippen LogP contribution in [0.5, 0.6) is 11.5 Å². The van der Waals surface area contributed by atoms with Gasteiger partial charge in [-0.1, -0.05) is 6.07 Å². The molecule has 2 aromatic carbocycles. The second-order valence-electron chi connectivity index (χ2n) is 5.76. The molecule has 1 atom stereocenters. The number of benzene rings is 2. The lowest BCUT2D eigenvalue weighted by Gasteiger charge is -2.23. The fourth-order valence-corrected chi connectivity index (χ4v) is 2.94. The van der Waals surface area contributed by atoms with Crippen LogP contribution in [-0.2, 0) is 0 Å². The zero-order chi connectivity index (χ0) is 16.4. The third-order valence-corrected chi connectivity index (χ3v) is 4.51. The lowest BCUT2D eigenvalue weighted by molar-refractivity contribution is 0.390. The van der Waals surface area contributed by atoms with Crippen LogP contribution in [0, 0.1) is 27.7 Å². The summed E-state index contributed by atoms with van der Waals surface area (Å²) in [6.07, 6.45) is 0. The largest absolute Gasteiger partial charge is 0.497 e. The zero-order valence-electron chi connectivity index (χ0n) is 14.3. The normalized spacial score (nSPS) is 12.1. The van der Waals surface area contributed by atoms with Gasteiger partial charge in [-0.2, -0.15) is 0 Å². The number of rotatable bonds is 4. The first kappa shape index (κ1) is 16.4. The van der Waals surface area contributed by atoms with Gasteiger partial charge in [-0.3, -0.25) is 0 Å². The van der Waals surface area contributed by atoms with Crippen molar-refractivity contribution in [3.05, 3.63) is 57.6 Å². The van der Waals surface area contributed by atoms with Crippen molar-refractivity contribution in [2.45, 2.75) is 33.7 Å². The number of nitrogens with two attached hydrogens (primary N) is 1. The first-order chi connectivity index (χ1) is 10.4. The molecule has 3 nitrogen and oxygen atoms in total. The smallest absolute Gasteiger partial charge is 0.127 e. The van der Waals surface area contributed by atoms with Gasteiger partial charge in [0.25, 0.3) is 0 Å². The Hall–Kier alpha value is -2.00. The molecule has 0 aliphatic rings. The fraction of sp³-hybridized carbons (Fsp3) is 0.368. The molecule has 0 amide bonds. The Morgan fingerprint density at radius 1 is 0.864 bits per heavy atom. The molecule has 0 saturated heterocycles. The van der Waals surface area contributed by atoms with E-state index in [4.69, 9.17) is 15.2 Å². The summed E-state index contributed by atoms with van der Waals surface area (Å²) < 4.78 is 10.8. The molecule has 22 heavy (non-hydrogen) atoms. The number of ether oxygens (including phenoxy) is 2. The molecule has 3 heteroatoms. The van der Waals surface area contributed by atoms with Gasteiger partial charge in [0.05, 0.1) is 20.3 Å². The molecule has 2 aromatic rings. The van der Waals surface area contributed by atoms with E-state index in [1.807, 2.05) is 18.2 Å². The SMILES string of the molecule is COc1ccc(C(N)c2c(C)c(C)cc(C)c2C)c(OC)c1. The summed E-state index contributed by atoms with van der Waals surface area (Å²) in [5, 5.41) is 0. The summed E-state index contributed by atoms with van der Waals surface area (Å²) in [4.78, 5) is 0. The lowest BCUT2D eigenvalue weighted by Crippen LogP contribution is -2.17. The Labute approximate surface area is 133 Å². The van der Waals surface area contributed by atoms with Crippen molar-refractivity contribution in [1.29, 1.82) is 0 Å². The molecule has 2 rings (SSSR count). The third kappa shape index (κ3) is 2.81. The number of hydrogen-bond acceptors (Lipinski definition) is 3. The summed E-state index contributed by atoms with van der Waals surface area (Å²) in [5.74, 6) is 1.52. The molecule has 0 aromatic heterocycles. The molecule has 0 radical (unpaired) electrons. The molecule has 0 fully saturated rings. The molecule has 0 spiro atoms. The summed E-state index contributed by atoms with van der Waals surface area (Å²) in [6, 6.07) is 7.78. The van der Waals surface area contributed by atoms with Crippen LogP contribution in [0.25, 0.3) is 0 Å². The van der Waals surface area contributed by atoms with Gasteiger partial charge >= 0.3 is 0 Å². The van der Waals surface area contributed by atoms with E-state index >= 15 is 0 Å². The van der Waals surface area contributed by atoms with Crippen LogP contribution < -0.4 is 15.2 Å². The third-order valence-electron chi connectivity index (χ3n) is 4.51. The van der Waals surface area contributed by atoms with E-state index in [9.17, 15) is 0 Å². The van der Waals surface area contributed by atoms with E-state index in [0.29, 0.717) is 0 Å². The maximum absolute atomic E-state index is 6.60. The second-order valence-corrected chi connectivity index (χ2v) is 5.76. The average molecular weight is 299 g/mol. The van der Waals surface area contributed by atoms with E-state index in [-0.39, 0.29) is 6.04 Å². The standard InChI is InChI=1S/C19H25NO2/c1-11-9-12(2)14(4)18(13(11)3)19(20)16-8-7-15(21-5)10-17(16)22-6/h7-10,19H,20H2,1-6H3. The summed E-state index contributed by atoms with van der Waals surface area (Å²) >= 11 is 0. The Morgan fingerprint density at radius 2 is 1.45 bits per heavy atom. The molecule has 0 aliphatic carbocycles. The fourth-order valence-electron chi connectivity index (χ4n) is 2.94. The molecule has 0 bridgehead atoms. The highest BCUT2D eigenvalue weighted by molar-refractivity contribution is 5.52.